The van der Waals surface area contributed by atoms with E-state index >= 15 is 0 Å². The molecule has 1 aliphatic rings. The Kier molecular flexibility index (Phi) is 7.53. The monoisotopic (exact) mass is 412 g/mol. The van der Waals surface area contributed by atoms with Crippen molar-refractivity contribution >= 4 is 29.9 Å². The topological polar surface area (TPSA) is 79.0 Å². The molecule has 0 saturated carbocycles. The van der Waals surface area contributed by atoms with Crippen molar-refractivity contribution in [2.45, 2.75) is 44.8 Å². The van der Waals surface area contributed by atoms with E-state index in [1.54, 1.807) is 24.3 Å². The van der Waals surface area contributed by atoms with Crippen LogP contribution < -0.4 is 15.4 Å². The van der Waals surface area contributed by atoms with Gasteiger partial charge >= 0.3 is 0 Å². The zero-order valence-corrected chi connectivity index (χ0v) is 17.1. The van der Waals surface area contributed by atoms with Crippen LogP contribution in [0.4, 0.5) is 0 Å². The molecule has 1 aliphatic heterocycles. The Morgan fingerprint density at radius 3 is 2.59 bits per heavy atom. The third-order valence-corrected chi connectivity index (χ3v) is 4.86. The van der Waals surface area contributed by atoms with E-state index in [2.05, 4.69) is 20.8 Å². The number of rotatable bonds is 6. The van der Waals surface area contributed by atoms with Gasteiger partial charge in [-0.05, 0) is 57.3 Å². The molecule has 8 heteroatoms. The molecule has 2 heterocycles. The molecule has 6 nitrogen and oxygen atoms in total. The fraction of sp³-hybridized carbons (Fsp3) is 0.474. The maximum Gasteiger partial charge on any atom is 0.264 e. The van der Waals surface area contributed by atoms with Gasteiger partial charge < -0.3 is 15.4 Å². The van der Waals surface area contributed by atoms with Crippen molar-refractivity contribution in [3.8, 4) is 5.75 Å². The Labute approximate surface area is 170 Å². The highest BCUT2D eigenvalue weighted by molar-refractivity contribution is 6.30. The largest absolute Gasteiger partial charge is 0.477 e. The number of piperidine rings is 1. The number of carbonyl (C=O) groups excluding carboxylic acids is 1. The van der Waals surface area contributed by atoms with E-state index in [4.69, 9.17) is 16.3 Å². The summed E-state index contributed by atoms with van der Waals surface area (Å²) in [5, 5.41) is 14.2. The minimum absolute atomic E-state index is 0. The van der Waals surface area contributed by atoms with Crippen LogP contribution in [0.3, 0.4) is 0 Å². The first-order chi connectivity index (χ1) is 12.5. The van der Waals surface area contributed by atoms with Crippen molar-refractivity contribution in [3.05, 3.63) is 46.7 Å². The van der Waals surface area contributed by atoms with E-state index < -0.39 is 5.60 Å². The average Bonchev–Trinajstić information content (AvgIpc) is 3.02. The summed E-state index contributed by atoms with van der Waals surface area (Å²) >= 11 is 5.95. The number of hydrogen-bond acceptors (Lipinski definition) is 4. The van der Waals surface area contributed by atoms with Crippen LogP contribution in [-0.4, -0.2) is 40.8 Å². The molecule has 1 unspecified atom stereocenters. The third-order valence-electron chi connectivity index (χ3n) is 4.60. The molecule has 0 spiro atoms. The molecule has 3 rings (SSSR count). The van der Waals surface area contributed by atoms with Gasteiger partial charge in [0, 0.05) is 36.0 Å². The van der Waals surface area contributed by atoms with Crippen LogP contribution in [0, 0.1) is 6.92 Å². The van der Waals surface area contributed by atoms with Crippen molar-refractivity contribution in [1.82, 2.24) is 20.8 Å². The second-order valence-electron chi connectivity index (χ2n) is 6.92. The minimum atomic E-state index is -0.866. The van der Waals surface area contributed by atoms with Crippen molar-refractivity contribution in [1.29, 1.82) is 0 Å². The van der Waals surface area contributed by atoms with Crippen LogP contribution in [0.25, 0.3) is 0 Å². The number of H-pyrrole nitrogens is 1. The summed E-state index contributed by atoms with van der Waals surface area (Å²) in [5.74, 6) is 0.579. The molecule has 1 atom stereocenters. The number of aromatic nitrogens is 2. The Bertz CT molecular complexity index is 742. The molecule has 1 saturated heterocycles. The number of ether oxygens (including phenoxy) is 1. The highest BCUT2D eigenvalue weighted by Gasteiger charge is 2.42. The fourth-order valence-electron chi connectivity index (χ4n) is 3.23. The molecule has 0 bridgehead atoms. The van der Waals surface area contributed by atoms with Crippen LogP contribution in [-0.2, 0) is 11.2 Å². The van der Waals surface area contributed by atoms with Crippen LogP contribution in [0.15, 0.2) is 30.3 Å². The molecule has 0 radical (unpaired) electrons. The van der Waals surface area contributed by atoms with Gasteiger partial charge in [0.15, 0.2) is 5.60 Å². The molecule has 1 aromatic heterocycles. The van der Waals surface area contributed by atoms with Gasteiger partial charge in [0.25, 0.3) is 5.91 Å². The number of nitrogens with one attached hydrogen (secondary N) is 3. The highest BCUT2D eigenvalue weighted by Crippen LogP contribution is 2.28. The Morgan fingerprint density at radius 2 is 2.00 bits per heavy atom. The van der Waals surface area contributed by atoms with Crippen LogP contribution in [0.1, 0.15) is 31.2 Å². The molecular formula is C19H26Cl2N4O2. The van der Waals surface area contributed by atoms with E-state index in [9.17, 15) is 4.79 Å². The molecule has 0 aliphatic carbocycles. The summed E-state index contributed by atoms with van der Waals surface area (Å²) in [6, 6.07) is 9.10. The first-order valence-corrected chi connectivity index (χ1v) is 9.32. The number of hydrogen-bond donors (Lipinski definition) is 3. The number of carbonyl (C=O) groups is 1. The van der Waals surface area contributed by atoms with E-state index in [1.165, 1.54) is 0 Å². The molecule has 1 fully saturated rings. The second kappa shape index (κ2) is 9.44. The van der Waals surface area contributed by atoms with E-state index in [0.29, 0.717) is 30.0 Å². The lowest BCUT2D eigenvalue weighted by Gasteiger charge is -2.37. The number of nitrogens with zero attached hydrogens (tertiary/aromatic N) is 1. The Morgan fingerprint density at radius 1 is 1.33 bits per heavy atom. The quantitative estimate of drug-likeness (QED) is 0.680. The number of halogens is 2. The maximum atomic E-state index is 13.1. The Hall–Kier alpha value is -1.76. The molecule has 27 heavy (non-hydrogen) atoms. The number of amides is 1. The number of benzene rings is 1. The molecule has 148 valence electrons. The van der Waals surface area contributed by atoms with Crippen molar-refractivity contribution in [2.75, 3.05) is 13.1 Å². The summed E-state index contributed by atoms with van der Waals surface area (Å²) in [5.41, 5.74) is 1.09. The highest BCUT2D eigenvalue weighted by atomic mass is 35.5. The van der Waals surface area contributed by atoms with Crippen molar-refractivity contribution in [3.63, 3.8) is 0 Å². The summed E-state index contributed by atoms with van der Waals surface area (Å²) in [6.45, 7) is 5.44. The lowest BCUT2D eigenvalue weighted by molar-refractivity contribution is -0.139. The van der Waals surface area contributed by atoms with Crippen LogP contribution >= 0.6 is 24.0 Å². The number of aromatic amines is 1. The molecule has 2 aromatic rings. The minimum Gasteiger partial charge on any atom is -0.477 e. The van der Waals surface area contributed by atoms with Crippen LogP contribution in [0.5, 0.6) is 5.75 Å². The summed E-state index contributed by atoms with van der Waals surface area (Å²) < 4.78 is 6.18. The average molecular weight is 413 g/mol. The fourth-order valence-corrected chi connectivity index (χ4v) is 3.36. The smallest absolute Gasteiger partial charge is 0.264 e. The van der Waals surface area contributed by atoms with Crippen molar-refractivity contribution < 1.29 is 9.53 Å². The van der Waals surface area contributed by atoms with Gasteiger partial charge in [-0.3, -0.25) is 9.89 Å². The maximum absolute atomic E-state index is 13.1. The summed E-state index contributed by atoms with van der Waals surface area (Å²) in [6.07, 6.45) is 1.91. The molecule has 1 aromatic carbocycles. The lowest BCUT2D eigenvalue weighted by Crippen LogP contribution is -2.58. The first-order valence-electron chi connectivity index (χ1n) is 8.94. The van der Waals surface area contributed by atoms with Gasteiger partial charge in [-0.1, -0.05) is 11.6 Å². The molecule has 1 amide bonds. The first kappa shape index (κ1) is 21.5. The third kappa shape index (κ3) is 5.61. The number of aryl methyl sites for hydroxylation is 1. The predicted octanol–water partition coefficient (Wildman–Crippen LogP) is 3.04. The Balaban J connectivity index is 0.00000261. The van der Waals surface area contributed by atoms with E-state index in [-0.39, 0.29) is 24.4 Å². The normalized spacial score (nSPS) is 16.9. The van der Waals surface area contributed by atoms with Gasteiger partial charge in [-0.2, -0.15) is 5.10 Å². The second-order valence-corrected chi connectivity index (χ2v) is 7.36. The zero-order chi connectivity index (χ0) is 18.6. The lowest BCUT2D eigenvalue weighted by atomic mass is 9.90. The van der Waals surface area contributed by atoms with Crippen LogP contribution in [0.2, 0.25) is 5.02 Å². The summed E-state index contributed by atoms with van der Waals surface area (Å²) in [7, 11) is 0. The summed E-state index contributed by atoms with van der Waals surface area (Å²) in [4.78, 5) is 13.1. The standard InChI is InChI=1S/C19H25ClN4O2.ClH/c1-13(11-16-12-14(2)23-24-16)22-18(25)19(7-9-21-10-8-19)26-17-5-3-15(20)4-6-17;/h3-6,12-13,21H,7-11H2,1-2H3,(H,22,25)(H,23,24);1H. The molecule has 3 N–H and O–H groups in total. The van der Waals surface area contributed by atoms with Gasteiger partial charge in [0.05, 0.1) is 5.69 Å². The zero-order valence-electron chi connectivity index (χ0n) is 15.5. The molecular weight excluding hydrogens is 387 g/mol. The van der Waals surface area contributed by atoms with E-state index in [1.807, 2.05) is 19.9 Å². The van der Waals surface area contributed by atoms with E-state index in [0.717, 1.165) is 24.5 Å². The predicted molar refractivity (Wildman–Crippen MR) is 109 cm³/mol. The van der Waals surface area contributed by atoms with Crippen molar-refractivity contribution in [2.24, 2.45) is 0 Å². The van der Waals surface area contributed by atoms with Gasteiger partial charge in [-0.25, -0.2) is 0 Å². The van der Waals surface area contributed by atoms with Gasteiger partial charge in [-0.15, -0.1) is 12.4 Å². The SMILES string of the molecule is Cc1cc(CC(C)NC(=O)C2(Oc3ccc(Cl)cc3)CCNCC2)n[nH]1.Cl. The van der Waals surface area contributed by atoms with Gasteiger partial charge in [0.1, 0.15) is 5.75 Å². The van der Waals surface area contributed by atoms with Gasteiger partial charge in [0.2, 0.25) is 0 Å².